The van der Waals surface area contributed by atoms with Crippen LogP contribution in [0, 0.1) is 23.6 Å². The minimum atomic E-state index is -4.69. The van der Waals surface area contributed by atoms with Crippen LogP contribution in [0.4, 0.5) is 23.2 Å². The van der Waals surface area contributed by atoms with Crippen molar-refractivity contribution in [3.8, 4) is 5.75 Å². The fourth-order valence-corrected chi connectivity index (χ4v) is 8.41. The van der Waals surface area contributed by atoms with Gasteiger partial charge in [0.15, 0.2) is 6.10 Å². The second kappa shape index (κ2) is 13.3. The Balaban J connectivity index is 1.09. The van der Waals surface area contributed by atoms with Crippen LogP contribution in [0.5, 0.6) is 5.75 Å². The Morgan fingerprint density at radius 2 is 1.67 bits per heavy atom. The molecule has 274 valence electrons. The lowest BCUT2D eigenvalue weighted by Gasteiger charge is -2.51. The first-order valence-electron chi connectivity index (χ1n) is 18.0. The number of rotatable bonds is 9. The molecular weight excluding hydrogens is 672 g/mol. The number of anilines is 1. The molecular formula is C37H42F4N4O6. The van der Waals surface area contributed by atoms with Crippen LogP contribution in [-0.2, 0) is 19.1 Å². The number of piperidine rings is 1. The van der Waals surface area contributed by atoms with E-state index in [0.717, 1.165) is 36.6 Å². The van der Waals surface area contributed by atoms with Gasteiger partial charge in [-0.2, -0.15) is 13.2 Å². The molecule has 3 atom stereocenters. The molecule has 4 aliphatic heterocycles. The van der Waals surface area contributed by atoms with Crippen LogP contribution in [0.2, 0.25) is 0 Å². The summed E-state index contributed by atoms with van der Waals surface area (Å²) in [6.45, 7) is 1.14. The highest BCUT2D eigenvalue weighted by Gasteiger charge is 2.52. The van der Waals surface area contributed by atoms with Gasteiger partial charge in [-0.1, -0.05) is 18.2 Å². The lowest BCUT2D eigenvalue weighted by Crippen LogP contribution is -2.59. The number of carbonyl (C=O) groups excluding carboxylic acids is 3. The summed E-state index contributed by atoms with van der Waals surface area (Å²) in [5.41, 5.74) is -0.347. The predicted molar refractivity (Wildman–Crippen MR) is 175 cm³/mol. The minimum absolute atomic E-state index is 0.0950. The number of morpholine rings is 1. The van der Waals surface area contributed by atoms with Crippen molar-refractivity contribution in [2.75, 3.05) is 44.8 Å². The van der Waals surface area contributed by atoms with Crippen LogP contribution < -0.4 is 15.4 Å². The Morgan fingerprint density at radius 1 is 0.980 bits per heavy atom. The van der Waals surface area contributed by atoms with Crippen molar-refractivity contribution in [3.05, 3.63) is 59.4 Å². The van der Waals surface area contributed by atoms with Crippen molar-refractivity contribution in [3.63, 3.8) is 0 Å². The highest BCUT2D eigenvalue weighted by atomic mass is 19.4. The predicted octanol–water partition coefficient (Wildman–Crippen LogP) is 4.85. The second-order valence-electron chi connectivity index (χ2n) is 15.0. The average Bonchev–Trinajstić information content (AvgIpc) is 4.02. The number of alkyl halides is 3. The number of carbonyl (C=O) groups is 3. The van der Waals surface area contributed by atoms with Crippen molar-refractivity contribution in [2.45, 2.75) is 81.0 Å². The van der Waals surface area contributed by atoms with Gasteiger partial charge in [-0.3, -0.25) is 19.3 Å². The SMILES string of the molecule is O=C(N[C@H](C(=O)Nc1cc2c(cc1F)C(N1CC(C(F)(F)F)OCC1=O)CC1(CCN(C3COC3)CC1)O2)C(C1CC1)C1CC1)c1ccccc1. The zero-order valence-corrected chi connectivity index (χ0v) is 28.1. The molecule has 3 saturated heterocycles. The van der Waals surface area contributed by atoms with Gasteiger partial charge in [-0.15, -0.1) is 0 Å². The Hall–Kier alpha value is -3.75. The molecule has 0 aromatic heterocycles. The number of ether oxygens (including phenoxy) is 3. The molecule has 2 unspecified atom stereocenters. The normalized spacial score (nSPS) is 25.9. The quantitative estimate of drug-likeness (QED) is 0.358. The molecule has 2 aliphatic carbocycles. The van der Waals surface area contributed by atoms with E-state index in [0.29, 0.717) is 50.8 Å². The van der Waals surface area contributed by atoms with Gasteiger partial charge in [0, 0.05) is 36.7 Å². The lowest BCUT2D eigenvalue weighted by atomic mass is 9.79. The maximum Gasteiger partial charge on any atom is 0.416 e. The van der Waals surface area contributed by atoms with Gasteiger partial charge in [-0.25, -0.2) is 4.39 Å². The molecule has 2 aromatic carbocycles. The number of nitrogens with zero attached hydrogens (tertiary/aromatic N) is 2. The Kier molecular flexibility index (Phi) is 8.98. The molecule has 5 fully saturated rings. The fourth-order valence-electron chi connectivity index (χ4n) is 8.41. The van der Waals surface area contributed by atoms with E-state index in [4.69, 9.17) is 14.2 Å². The number of hydrogen-bond donors (Lipinski definition) is 2. The van der Waals surface area contributed by atoms with Crippen LogP contribution in [0.3, 0.4) is 0 Å². The van der Waals surface area contributed by atoms with Crippen LogP contribution in [-0.4, -0.2) is 96.9 Å². The van der Waals surface area contributed by atoms with Gasteiger partial charge < -0.3 is 29.7 Å². The van der Waals surface area contributed by atoms with Crippen LogP contribution in [0.15, 0.2) is 42.5 Å². The number of likely N-dealkylation sites (tertiary alicyclic amines) is 1. The molecule has 8 rings (SSSR count). The largest absolute Gasteiger partial charge is 0.487 e. The van der Waals surface area contributed by atoms with E-state index in [1.54, 1.807) is 30.3 Å². The summed E-state index contributed by atoms with van der Waals surface area (Å²) in [7, 11) is 0. The highest BCUT2D eigenvalue weighted by molar-refractivity contribution is 6.01. The second-order valence-corrected chi connectivity index (χ2v) is 15.0. The molecule has 6 aliphatic rings. The fraction of sp³-hybridized carbons (Fsp3) is 0.595. The zero-order valence-electron chi connectivity index (χ0n) is 28.1. The van der Waals surface area contributed by atoms with E-state index >= 15 is 4.39 Å². The molecule has 2 N–H and O–H groups in total. The molecule has 4 heterocycles. The molecule has 2 saturated carbocycles. The van der Waals surface area contributed by atoms with Gasteiger partial charge in [-0.05, 0) is 74.5 Å². The standard InChI is InChI=1S/C37H42F4N4O6/c38-26-14-25-28(45-17-30(37(39,40)41)50-20-31(45)46)16-36(10-12-44(13-11-36)24-18-49-19-24)51-29(25)15-27(26)42-35(48)33(32(21-6-7-21)22-8-9-22)43-34(47)23-4-2-1-3-5-23/h1-5,14-15,21-22,24,28,30,32-33H,6-13,16-20H2,(H,42,48)(H,43,47)/t28?,30?,33-/m0/s1. The Morgan fingerprint density at radius 3 is 2.27 bits per heavy atom. The third-order valence-electron chi connectivity index (χ3n) is 11.6. The summed E-state index contributed by atoms with van der Waals surface area (Å²) < 4.78 is 74.5. The summed E-state index contributed by atoms with van der Waals surface area (Å²) in [5.74, 6) is -1.70. The summed E-state index contributed by atoms with van der Waals surface area (Å²) in [6.07, 6.45) is -1.77. The van der Waals surface area contributed by atoms with Gasteiger partial charge in [0.2, 0.25) is 11.8 Å². The maximum atomic E-state index is 16.1. The summed E-state index contributed by atoms with van der Waals surface area (Å²) in [5, 5.41) is 5.69. The molecule has 0 bridgehead atoms. The number of amides is 3. The molecule has 2 aromatic rings. The van der Waals surface area contributed by atoms with Crippen molar-refractivity contribution in [1.29, 1.82) is 0 Å². The summed E-state index contributed by atoms with van der Waals surface area (Å²) in [6, 6.07) is 9.64. The highest BCUT2D eigenvalue weighted by Crippen LogP contribution is 2.52. The van der Waals surface area contributed by atoms with E-state index in [9.17, 15) is 27.6 Å². The number of benzene rings is 2. The van der Waals surface area contributed by atoms with Crippen molar-refractivity contribution in [2.24, 2.45) is 17.8 Å². The summed E-state index contributed by atoms with van der Waals surface area (Å²) in [4.78, 5) is 44.0. The van der Waals surface area contributed by atoms with E-state index in [1.807, 2.05) is 0 Å². The molecule has 1 spiro atoms. The topological polar surface area (TPSA) is 109 Å². The van der Waals surface area contributed by atoms with Gasteiger partial charge in [0.05, 0.1) is 37.5 Å². The zero-order chi connectivity index (χ0) is 35.5. The van der Waals surface area contributed by atoms with Crippen molar-refractivity contribution in [1.82, 2.24) is 15.1 Å². The van der Waals surface area contributed by atoms with E-state index in [2.05, 4.69) is 15.5 Å². The molecule has 0 radical (unpaired) electrons. The number of halogens is 4. The van der Waals surface area contributed by atoms with Crippen LogP contribution in [0.25, 0.3) is 0 Å². The van der Waals surface area contributed by atoms with Crippen molar-refractivity contribution >= 4 is 23.4 Å². The van der Waals surface area contributed by atoms with Crippen LogP contribution in [0.1, 0.15) is 66.9 Å². The Labute approximate surface area is 293 Å². The van der Waals surface area contributed by atoms with E-state index in [1.165, 1.54) is 6.07 Å². The van der Waals surface area contributed by atoms with E-state index < -0.39 is 66.7 Å². The average molecular weight is 715 g/mol. The first kappa shape index (κ1) is 34.3. The lowest BCUT2D eigenvalue weighted by molar-refractivity contribution is -0.238. The molecule has 14 heteroatoms. The third kappa shape index (κ3) is 7.06. The first-order chi connectivity index (χ1) is 24.5. The number of nitrogens with one attached hydrogen (secondary N) is 2. The molecule has 51 heavy (non-hydrogen) atoms. The van der Waals surface area contributed by atoms with Crippen LogP contribution >= 0.6 is 0 Å². The first-order valence-corrected chi connectivity index (χ1v) is 18.0. The monoisotopic (exact) mass is 714 g/mol. The summed E-state index contributed by atoms with van der Waals surface area (Å²) >= 11 is 0. The third-order valence-corrected chi connectivity index (χ3v) is 11.6. The molecule has 10 nitrogen and oxygen atoms in total. The van der Waals surface area contributed by atoms with Crippen molar-refractivity contribution < 1.29 is 46.2 Å². The van der Waals surface area contributed by atoms with Gasteiger partial charge in [0.25, 0.3) is 5.91 Å². The minimum Gasteiger partial charge on any atom is -0.487 e. The van der Waals surface area contributed by atoms with Gasteiger partial charge >= 0.3 is 6.18 Å². The Bertz CT molecular complexity index is 1640. The van der Waals surface area contributed by atoms with Gasteiger partial charge in [0.1, 0.15) is 29.8 Å². The number of hydrogen-bond acceptors (Lipinski definition) is 7. The number of fused-ring (bicyclic) bond motifs is 1. The smallest absolute Gasteiger partial charge is 0.416 e. The maximum absolute atomic E-state index is 16.1. The van der Waals surface area contributed by atoms with E-state index in [-0.39, 0.29) is 41.2 Å². The molecule has 3 amide bonds.